The van der Waals surface area contributed by atoms with Gasteiger partial charge in [0.05, 0.1) is 5.75 Å². The second kappa shape index (κ2) is 9.11. The first-order chi connectivity index (χ1) is 14.9. The Balaban J connectivity index is 1.42. The third-order valence-electron chi connectivity index (χ3n) is 4.91. The summed E-state index contributed by atoms with van der Waals surface area (Å²) in [5, 5.41) is 3.79. The number of anilines is 4. The molecule has 162 valence electrons. The van der Waals surface area contributed by atoms with Gasteiger partial charge in [0, 0.05) is 41.2 Å². The van der Waals surface area contributed by atoms with Gasteiger partial charge in [-0.1, -0.05) is 23.7 Å². The van der Waals surface area contributed by atoms with Gasteiger partial charge in [-0.3, -0.25) is 4.72 Å². The van der Waals surface area contributed by atoms with Gasteiger partial charge in [-0.05, 0) is 61.7 Å². The number of hydrogen-bond acceptors (Lipinski definition) is 6. The minimum absolute atomic E-state index is 0.146. The summed E-state index contributed by atoms with van der Waals surface area (Å²) in [6.07, 6.45) is 2.32. The average Bonchev–Trinajstić information content (AvgIpc) is 3.23. The molecule has 1 fully saturated rings. The van der Waals surface area contributed by atoms with Crippen molar-refractivity contribution < 1.29 is 8.42 Å². The molecule has 3 aromatic rings. The number of halogens is 1. The van der Waals surface area contributed by atoms with Gasteiger partial charge in [0.1, 0.15) is 5.82 Å². The fourth-order valence-electron chi connectivity index (χ4n) is 3.51. The number of sulfonamides is 1. The zero-order valence-electron chi connectivity index (χ0n) is 17.2. The van der Waals surface area contributed by atoms with E-state index >= 15 is 0 Å². The molecule has 0 saturated carbocycles. The summed E-state index contributed by atoms with van der Waals surface area (Å²) in [4.78, 5) is 11.4. The molecule has 0 radical (unpaired) electrons. The molecule has 1 saturated heterocycles. The molecule has 0 spiro atoms. The Morgan fingerprint density at radius 1 is 1.00 bits per heavy atom. The number of nitrogens with zero attached hydrogens (tertiary/aromatic N) is 3. The molecule has 0 bridgehead atoms. The largest absolute Gasteiger partial charge is 0.341 e. The van der Waals surface area contributed by atoms with Crippen LogP contribution in [0.5, 0.6) is 0 Å². The Kier molecular flexibility index (Phi) is 6.29. The predicted octanol–water partition coefficient (Wildman–Crippen LogP) is 4.72. The van der Waals surface area contributed by atoms with E-state index in [1.54, 1.807) is 36.4 Å². The Hall–Kier alpha value is -2.84. The molecule has 9 heteroatoms. The van der Waals surface area contributed by atoms with Crippen molar-refractivity contribution in [3.8, 4) is 0 Å². The smallest absolute Gasteiger partial charge is 0.236 e. The van der Waals surface area contributed by atoms with Crippen LogP contribution in [0.25, 0.3) is 0 Å². The summed E-state index contributed by atoms with van der Waals surface area (Å²) in [5.41, 5.74) is 2.82. The van der Waals surface area contributed by atoms with E-state index in [0.717, 1.165) is 43.3 Å². The first-order valence-corrected chi connectivity index (χ1v) is 12.1. The Labute approximate surface area is 187 Å². The lowest BCUT2D eigenvalue weighted by molar-refractivity contribution is 0.600. The lowest BCUT2D eigenvalue weighted by Crippen LogP contribution is -2.21. The second-order valence-corrected chi connectivity index (χ2v) is 9.74. The van der Waals surface area contributed by atoms with Crippen LogP contribution in [0.15, 0.2) is 54.6 Å². The van der Waals surface area contributed by atoms with Gasteiger partial charge in [0.25, 0.3) is 0 Å². The third kappa shape index (κ3) is 5.86. The van der Waals surface area contributed by atoms with Crippen LogP contribution < -0.4 is 14.9 Å². The van der Waals surface area contributed by atoms with Gasteiger partial charge >= 0.3 is 0 Å². The van der Waals surface area contributed by atoms with Crippen LogP contribution >= 0.6 is 11.6 Å². The Morgan fingerprint density at radius 3 is 2.42 bits per heavy atom. The minimum Gasteiger partial charge on any atom is -0.341 e. The van der Waals surface area contributed by atoms with Crippen molar-refractivity contribution in [3.63, 3.8) is 0 Å². The van der Waals surface area contributed by atoms with Gasteiger partial charge in [0.15, 0.2) is 0 Å². The first kappa shape index (κ1) is 21.4. The maximum atomic E-state index is 12.5. The summed E-state index contributed by atoms with van der Waals surface area (Å²) < 4.78 is 27.5. The lowest BCUT2D eigenvalue weighted by atomic mass is 10.2. The van der Waals surface area contributed by atoms with Crippen molar-refractivity contribution >= 4 is 44.8 Å². The fourth-order valence-corrected chi connectivity index (χ4v) is 4.91. The Morgan fingerprint density at radius 2 is 1.71 bits per heavy atom. The van der Waals surface area contributed by atoms with Crippen molar-refractivity contribution in [2.75, 3.05) is 28.0 Å². The van der Waals surface area contributed by atoms with E-state index in [4.69, 9.17) is 11.6 Å². The van der Waals surface area contributed by atoms with E-state index < -0.39 is 10.0 Å². The molecular weight excluding hydrogens is 434 g/mol. The molecule has 1 aromatic heterocycles. The van der Waals surface area contributed by atoms with E-state index in [2.05, 4.69) is 24.9 Å². The lowest BCUT2D eigenvalue weighted by Gasteiger charge is -2.17. The summed E-state index contributed by atoms with van der Waals surface area (Å²) >= 11 is 5.94. The SMILES string of the molecule is Cc1cc(Nc2ccc(NS(=O)(=O)Cc3cccc(Cl)c3)cc2)nc(N2CCCC2)n1. The first-order valence-electron chi connectivity index (χ1n) is 10.1. The van der Waals surface area contributed by atoms with Gasteiger partial charge in [-0.25, -0.2) is 13.4 Å². The highest BCUT2D eigenvalue weighted by Gasteiger charge is 2.16. The number of aromatic nitrogens is 2. The van der Waals surface area contributed by atoms with Crippen LogP contribution in [-0.4, -0.2) is 31.5 Å². The Bertz CT molecular complexity index is 1160. The maximum Gasteiger partial charge on any atom is 0.236 e. The average molecular weight is 458 g/mol. The molecule has 1 aliphatic heterocycles. The molecular formula is C22H24ClN5O2S. The van der Waals surface area contributed by atoms with Crippen LogP contribution in [0.4, 0.5) is 23.1 Å². The van der Waals surface area contributed by atoms with Crippen molar-refractivity contribution in [1.29, 1.82) is 0 Å². The molecule has 4 rings (SSSR count). The molecule has 0 aliphatic carbocycles. The molecule has 2 heterocycles. The van der Waals surface area contributed by atoms with Crippen molar-refractivity contribution in [1.82, 2.24) is 9.97 Å². The molecule has 0 unspecified atom stereocenters. The van der Waals surface area contributed by atoms with Crippen LogP contribution in [0.1, 0.15) is 24.1 Å². The van der Waals surface area contributed by atoms with Crippen molar-refractivity contribution in [2.45, 2.75) is 25.5 Å². The van der Waals surface area contributed by atoms with Crippen LogP contribution in [-0.2, 0) is 15.8 Å². The van der Waals surface area contributed by atoms with E-state index in [9.17, 15) is 8.42 Å². The third-order valence-corrected chi connectivity index (χ3v) is 6.40. The van der Waals surface area contributed by atoms with Crippen molar-refractivity contribution in [3.05, 3.63) is 70.9 Å². The van der Waals surface area contributed by atoms with Gasteiger partial charge < -0.3 is 10.2 Å². The second-order valence-electron chi connectivity index (χ2n) is 7.58. The molecule has 2 N–H and O–H groups in total. The number of benzene rings is 2. The standard InChI is InChI=1S/C22H24ClN5O2S/c1-16-13-21(26-22(24-16)28-11-2-3-12-28)25-19-7-9-20(10-8-19)27-31(29,30)15-17-5-4-6-18(23)14-17/h4-10,13-14,27H,2-3,11-12,15H2,1H3,(H,24,25,26). The quantitative estimate of drug-likeness (QED) is 0.533. The fraction of sp³-hybridized carbons (Fsp3) is 0.273. The number of hydrogen-bond donors (Lipinski definition) is 2. The molecule has 0 atom stereocenters. The predicted molar refractivity (Wildman–Crippen MR) is 126 cm³/mol. The van der Waals surface area contributed by atoms with E-state index in [1.165, 1.54) is 0 Å². The zero-order valence-corrected chi connectivity index (χ0v) is 18.7. The molecule has 31 heavy (non-hydrogen) atoms. The number of aryl methyl sites for hydroxylation is 1. The van der Waals surface area contributed by atoms with Crippen molar-refractivity contribution in [2.24, 2.45) is 0 Å². The molecule has 2 aromatic carbocycles. The summed E-state index contributed by atoms with van der Waals surface area (Å²) in [5.74, 6) is 1.31. The van der Waals surface area contributed by atoms with Crippen LogP contribution in [0.3, 0.4) is 0 Å². The summed E-state index contributed by atoms with van der Waals surface area (Å²) in [6.45, 7) is 3.91. The number of rotatable bonds is 7. The normalized spacial score (nSPS) is 13.9. The molecule has 7 nitrogen and oxygen atoms in total. The topological polar surface area (TPSA) is 87.2 Å². The van der Waals surface area contributed by atoms with E-state index in [-0.39, 0.29) is 5.75 Å². The zero-order chi connectivity index (χ0) is 21.8. The highest BCUT2D eigenvalue weighted by Crippen LogP contribution is 2.23. The monoisotopic (exact) mass is 457 g/mol. The maximum absolute atomic E-state index is 12.5. The summed E-state index contributed by atoms with van der Waals surface area (Å²) in [7, 11) is -3.55. The van der Waals surface area contributed by atoms with Gasteiger partial charge in [-0.15, -0.1) is 0 Å². The molecule has 0 amide bonds. The minimum atomic E-state index is -3.55. The van der Waals surface area contributed by atoms with E-state index in [0.29, 0.717) is 22.1 Å². The van der Waals surface area contributed by atoms with Crippen LogP contribution in [0.2, 0.25) is 5.02 Å². The number of nitrogens with one attached hydrogen (secondary N) is 2. The van der Waals surface area contributed by atoms with Gasteiger partial charge in [0.2, 0.25) is 16.0 Å². The highest BCUT2D eigenvalue weighted by molar-refractivity contribution is 7.91. The summed E-state index contributed by atoms with van der Waals surface area (Å²) in [6, 6.07) is 15.8. The van der Waals surface area contributed by atoms with E-state index in [1.807, 2.05) is 25.1 Å². The van der Waals surface area contributed by atoms with Crippen LogP contribution in [0, 0.1) is 6.92 Å². The van der Waals surface area contributed by atoms with Gasteiger partial charge in [-0.2, -0.15) is 4.98 Å². The highest BCUT2D eigenvalue weighted by atomic mass is 35.5. The molecule has 1 aliphatic rings.